The standard InChI is InChI=1S/C21H29N3O4/c1-27-17-4-2-3-16(11-17)14-24-15-21(12-19(24)25)5-8-23(9-6-21)20(26)18-13-22-7-10-28-18/h2-4,11,18,22H,5-10,12-15H2,1H3. The molecule has 3 aliphatic rings. The van der Waals surface area contributed by atoms with Gasteiger partial charge in [0.1, 0.15) is 11.9 Å². The molecule has 0 saturated carbocycles. The highest BCUT2D eigenvalue weighted by atomic mass is 16.5. The molecule has 1 N–H and O–H groups in total. The molecule has 1 unspecified atom stereocenters. The van der Waals surface area contributed by atoms with Gasteiger partial charge in [-0.3, -0.25) is 9.59 Å². The minimum atomic E-state index is -0.363. The van der Waals surface area contributed by atoms with Gasteiger partial charge in [-0.25, -0.2) is 0 Å². The molecule has 0 aliphatic carbocycles. The highest BCUT2D eigenvalue weighted by Gasteiger charge is 2.45. The third kappa shape index (κ3) is 4.00. The van der Waals surface area contributed by atoms with E-state index in [-0.39, 0.29) is 23.3 Å². The van der Waals surface area contributed by atoms with Crippen LogP contribution in [0.2, 0.25) is 0 Å². The number of ether oxygens (including phenoxy) is 2. The van der Waals surface area contributed by atoms with Crippen LogP contribution in [0.4, 0.5) is 0 Å². The van der Waals surface area contributed by atoms with E-state index in [0.29, 0.717) is 39.2 Å². The predicted molar refractivity (Wildman–Crippen MR) is 104 cm³/mol. The van der Waals surface area contributed by atoms with E-state index in [1.807, 2.05) is 34.1 Å². The van der Waals surface area contributed by atoms with E-state index in [1.165, 1.54) is 0 Å². The molecule has 3 heterocycles. The summed E-state index contributed by atoms with van der Waals surface area (Å²) in [5.41, 5.74) is 1.08. The monoisotopic (exact) mass is 387 g/mol. The lowest BCUT2D eigenvalue weighted by atomic mass is 9.77. The summed E-state index contributed by atoms with van der Waals surface area (Å²) >= 11 is 0. The van der Waals surface area contributed by atoms with Crippen molar-refractivity contribution in [3.8, 4) is 5.75 Å². The Morgan fingerprint density at radius 3 is 2.89 bits per heavy atom. The van der Waals surface area contributed by atoms with Crippen LogP contribution >= 0.6 is 0 Å². The van der Waals surface area contributed by atoms with Crippen LogP contribution in [-0.2, 0) is 20.9 Å². The smallest absolute Gasteiger partial charge is 0.253 e. The summed E-state index contributed by atoms with van der Waals surface area (Å²) < 4.78 is 10.9. The topological polar surface area (TPSA) is 71.1 Å². The molecule has 1 aromatic carbocycles. The van der Waals surface area contributed by atoms with Crippen LogP contribution < -0.4 is 10.1 Å². The Morgan fingerprint density at radius 2 is 2.18 bits per heavy atom. The van der Waals surface area contributed by atoms with E-state index in [4.69, 9.17) is 9.47 Å². The number of hydrogen-bond acceptors (Lipinski definition) is 5. The first-order valence-electron chi connectivity index (χ1n) is 10.1. The van der Waals surface area contributed by atoms with Crippen molar-refractivity contribution in [3.63, 3.8) is 0 Å². The van der Waals surface area contributed by atoms with E-state index in [0.717, 1.165) is 37.2 Å². The number of rotatable bonds is 4. The summed E-state index contributed by atoms with van der Waals surface area (Å²) in [5.74, 6) is 1.10. The first kappa shape index (κ1) is 19.2. The van der Waals surface area contributed by atoms with Crippen molar-refractivity contribution in [1.29, 1.82) is 0 Å². The zero-order chi connectivity index (χ0) is 19.6. The first-order valence-corrected chi connectivity index (χ1v) is 10.1. The lowest BCUT2D eigenvalue weighted by Crippen LogP contribution is -2.52. The van der Waals surface area contributed by atoms with E-state index in [2.05, 4.69) is 5.32 Å². The summed E-state index contributed by atoms with van der Waals surface area (Å²) in [6, 6.07) is 7.88. The van der Waals surface area contributed by atoms with Crippen LogP contribution in [0.15, 0.2) is 24.3 Å². The fourth-order valence-corrected chi connectivity index (χ4v) is 4.58. The van der Waals surface area contributed by atoms with Gasteiger partial charge in [0.25, 0.3) is 5.91 Å². The van der Waals surface area contributed by atoms with Gasteiger partial charge in [-0.05, 0) is 30.5 Å². The minimum absolute atomic E-state index is 0.00159. The third-order valence-electron chi connectivity index (χ3n) is 6.25. The van der Waals surface area contributed by atoms with Crippen molar-refractivity contribution in [1.82, 2.24) is 15.1 Å². The van der Waals surface area contributed by atoms with Crippen LogP contribution in [0.25, 0.3) is 0 Å². The molecule has 4 rings (SSSR count). The molecule has 7 nitrogen and oxygen atoms in total. The van der Waals surface area contributed by atoms with Gasteiger partial charge in [-0.15, -0.1) is 0 Å². The summed E-state index contributed by atoms with van der Waals surface area (Å²) in [4.78, 5) is 29.2. The number of nitrogens with zero attached hydrogens (tertiary/aromatic N) is 2. The second-order valence-electron chi connectivity index (χ2n) is 8.17. The van der Waals surface area contributed by atoms with Gasteiger partial charge in [0.05, 0.1) is 13.7 Å². The highest BCUT2D eigenvalue weighted by molar-refractivity contribution is 5.82. The number of morpholine rings is 1. The average molecular weight is 387 g/mol. The summed E-state index contributed by atoms with van der Waals surface area (Å²) in [6.07, 6.45) is 1.97. The van der Waals surface area contributed by atoms with Gasteiger partial charge in [0.2, 0.25) is 5.91 Å². The van der Waals surface area contributed by atoms with Crippen molar-refractivity contribution in [2.75, 3.05) is 46.4 Å². The Morgan fingerprint density at radius 1 is 1.36 bits per heavy atom. The molecule has 3 saturated heterocycles. The number of benzene rings is 1. The molecule has 1 spiro atoms. The number of piperidine rings is 1. The maximum Gasteiger partial charge on any atom is 0.253 e. The van der Waals surface area contributed by atoms with Gasteiger partial charge in [0, 0.05) is 51.1 Å². The lowest BCUT2D eigenvalue weighted by Gasteiger charge is -2.40. The van der Waals surface area contributed by atoms with Crippen LogP contribution in [0, 0.1) is 5.41 Å². The molecule has 1 aromatic rings. The van der Waals surface area contributed by atoms with Gasteiger partial charge in [0.15, 0.2) is 0 Å². The Kier molecular flexibility index (Phi) is 5.55. The average Bonchev–Trinajstić information content (AvgIpc) is 3.03. The quantitative estimate of drug-likeness (QED) is 0.836. The largest absolute Gasteiger partial charge is 0.497 e. The Bertz CT molecular complexity index is 724. The first-order chi connectivity index (χ1) is 13.6. The maximum absolute atomic E-state index is 12.7. The number of carbonyl (C=O) groups is 2. The molecule has 0 radical (unpaired) electrons. The number of methoxy groups -OCH3 is 1. The summed E-state index contributed by atoms with van der Waals surface area (Å²) in [6.45, 7) is 4.78. The second-order valence-corrected chi connectivity index (χ2v) is 8.17. The van der Waals surface area contributed by atoms with Crippen LogP contribution in [0.3, 0.4) is 0 Å². The highest BCUT2D eigenvalue weighted by Crippen LogP contribution is 2.41. The second kappa shape index (κ2) is 8.09. The van der Waals surface area contributed by atoms with Crippen molar-refractivity contribution >= 4 is 11.8 Å². The minimum Gasteiger partial charge on any atom is -0.497 e. The molecule has 1 atom stereocenters. The Balaban J connectivity index is 1.34. The fourth-order valence-electron chi connectivity index (χ4n) is 4.58. The summed E-state index contributed by atoms with van der Waals surface area (Å²) in [5, 5.41) is 3.21. The van der Waals surface area contributed by atoms with Crippen molar-refractivity contribution in [2.24, 2.45) is 5.41 Å². The van der Waals surface area contributed by atoms with Crippen molar-refractivity contribution < 1.29 is 19.1 Å². The zero-order valence-electron chi connectivity index (χ0n) is 16.5. The van der Waals surface area contributed by atoms with Gasteiger partial charge in [-0.2, -0.15) is 0 Å². The third-order valence-corrected chi connectivity index (χ3v) is 6.25. The zero-order valence-corrected chi connectivity index (χ0v) is 16.5. The molecule has 3 aliphatic heterocycles. The van der Waals surface area contributed by atoms with E-state index < -0.39 is 0 Å². The molecule has 28 heavy (non-hydrogen) atoms. The molecule has 3 fully saturated rings. The molecular formula is C21H29N3O4. The van der Waals surface area contributed by atoms with Gasteiger partial charge >= 0.3 is 0 Å². The molecular weight excluding hydrogens is 358 g/mol. The van der Waals surface area contributed by atoms with Crippen LogP contribution in [0.5, 0.6) is 5.75 Å². The van der Waals surface area contributed by atoms with Crippen molar-refractivity contribution in [3.05, 3.63) is 29.8 Å². The van der Waals surface area contributed by atoms with Crippen molar-refractivity contribution in [2.45, 2.75) is 31.9 Å². The molecule has 0 aromatic heterocycles. The fraction of sp³-hybridized carbons (Fsp3) is 0.619. The molecule has 0 bridgehead atoms. The molecule has 152 valence electrons. The normalized spacial score (nSPS) is 24.6. The van der Waals surface area contributed by atoms with Crippen LogP contribution in [-0.4, -0.2) is 74.2 Å². The van der Waals surface area contributed by atoms with E-state index in [9.17, 15) is 9.59 Å². The van der Waals surface area contributed by atoms with Gasteiger partial charge < -0.3 is 24.6 Å². The van der Waals surface area contributed by atoms with Crippen LogP contribution in [0.1, 0.15) is 24.8 Å². The van der Waals surface area contributed by atoms with E-state index >= 15 is 0 Å². The molecule has 2 amide bonds. The SMILES string of the molecule is COc1cccc(CN2CC3(CCN(C(=O)C4CNCCO4)CC3)CC2=O)c1. The maximum atomic E-state index is 12.7. The number of nitrogens with one attached hydrogen (secondary N) is 1. The molecule has 7 heteroatoms. The number of likely N-dealkylation sites (tertiary alicyclic amines) is 2. The van der Waals surface area contributed by atoms with E-state index in [1.54, 1.807) is 7.11 Å². The lowest BCUT2D eigenvalue weighted by molar-refractivity contribution is -0.147. The number of amides is 2. The number of hydrogen-bond donors (Lipinski definition) is 1. The predicted octanol–water partition coefficient (Wildman–Crippen LogP) is 1.02. The Hall–Kier alpha value is -2.12. The van der Waals surface area contributed by atoms with Gasteiger partial charge in [-0.1, -0.05) is 12.1 Å². The Labute approximate surface area is 166 Å². The number of carbonyl (C=O) groups excluding carboxylic acids is 2. The summed E-state index contributed by atoms with van der Waals surface area (Å²) in [7, 11) is 1.65.